The molecule has 0 spiro atoms. The molecule has 10 nitrogen and oxygen atoms in total. The van der Waals surface area contributed by atoms with Gasteiger partial charge in [-0.25, -0.2) is 13.8 Å². The van der Waals surface area contributed by atoms with E-state index >= 15 is 0 Å². The Labute approximate surface area is 242 Å². The number of aromatic amines is 1. The average Bonchev–Trinajstić information content (AvgIpc) is 3.65. The fraction of sp³-hybridized carbons (Fsp3) is 0.630. The van der Waals surface area contributed by atoms with Gasteiger partial charge in [0.25, 0.3) is 0 Å². The number of nitrogens with zero attached hydrogens (tertiary/aromatic N) is 4. The van der Waals surface area contributed by atoms with Gasteiger partial charge in [-0.2, -0.15) is 28.2 Å². The molecule has 0 bridgehead atoms. The number of carbonyl (C=O) groups excluding carboxylic acids is 2. The van der Waals surface area contributed by atoms with Crippen molar-refractivity contribution in [3.63, 3.8) is 0 Å². The highest BCUT2D eigenvalue weighted by Gasteiger charge is 2.30. The topological polar surface area (TPSA) is 141 Å². The van der Waals surface area contributed by atoms with E-state index in [-0.39, 0.29) is 19.4 Å². The lowest BCUT2D eigenvalue weighted by Gasteiger charge is -2.20. The number of imidazole rings is 1. The molecule has 1 amide bonds. The van der Waals surface area contributed by atoms with Crippen molar-refractivity contribution in [1.29, 1.82) is 5.41 Å². The van der Waals surface area contributed by atoms with Crippen LogP contribution in [-0.2, 0) is 17.9 Å². The number of aldehydes is 1. The molecule has 4 rings (SSSR count). The maximum atomic E-state index is 12.2. The maximum Gasteiger partial charge on any atom is 0.389 e. The summed E-state index contributed by atoms with van der Waals surface area (Å²) < 4.78 is 60.4. The lowest BCUT2D eigenvalue weighted by molar-refractivity contribution is -0.144. The Kier molecular flexibility index (Phi) is 17.0. The molecule has 2 fully saturated rings. The number of alkyl halides is 5. The summed E-state index contributed by atoms with van der Waals surface area (Å²) in [5.41, 5.74) is 1.66. The van der Waals surface area contributed by atoms with Gasteiger partial charge >= 0.3 is 6.18 Å². The van der Waals surface area contributed by atoms with Crippen LogP contribution in [0, 0.1) is 5.41 Å². The van der Waals surface area contributed by atoms with Crippen molar-refractivity contribution < 1.29 is 31.5 Å². The molecule has 2 aromatic rings. The molecular weight excluding hydrogens is 563 g/mol. The fourth-order valence-corrected chi connectivity index (χ4v) is 3.18. The number of rotatable bonds is 10. The molecule has 2 saturated carbocycles. The Hall–Kier alpha value is -3.49. The van der Waals surface area contributed by atoms with Crippen LogP contribution in [0.2, 0.25) is 0 Å². The standard InChI is InChI=1S/C13H18F3N5O.C6H10F2.C5H7N3O.C3H6/c1-18-7-10-8-19-11(21-10)4-9(5-17)6-20-12(22)2-3-13(14,15)16;7-6(8)4-2-1-3-5-6;1-2-8-6-3-5(4-9)7-8;1-2-3-1/h4-5,8,17-18H,2-3,6-7H2,1H3,(H,19,21)(H,20,22);1-5H2;3-4H,2H2,1H3;1-3H2/b9-4+,17-5?;;;. The van der Waals surface area contributed by atoms with Gasteiger partial charge in [0, 0.05) is 50.5 Å². The predicted molar refractivity (Wildman–Crippen MR) is 149 cm³/mol. The van der Waals surface area contributed by atoms with Gasteiger partial charge in [0.15, 0.2) is 6.29 Å². The van der Waals surface area contributed by atoms with Crippen molar-refractivity contribution >= 4 is 24.5 Å². The number of carbonyl (C=O) groups is 2. The van der Waals surface area contributed by atoms with Gasteiger partial charge in [-0.05, 0) is 38.5 Å². The smallest absolute Gasteiger partial charge is 0.352 e. The second-order valence-corrected chi connectivity index (χ2v) is 9.63. The summed E-state index contributed by atoms with van der Waals surface area (Å²) in [6, 6.07) is 0. The maximum absolute atomic E-state index is 12.2. The number of hydrogen-bond acceptors (Lipinski definition) is 7. The molecule has 4 N–H and O–H groups in total. The summed E-state index contributed by atoms with van der Waals surface area (Å²) >= 11 is 0. The number of hydrogen-bond donors (Lipinski definition) is 4. The third-order valence-electron chi connectivity index (χ3n) is 5.54. The number of halogens is 5. The zero-order valence-electron chi connectivity index (χ0n) is 24.1. The molecule has 2 aromatic heterocycles. The van der Waals surface area contributed by atoms with Crippen LogP contribution in [0.1, 0.15) is 93.1 Å². The van der Waals surface area contributed by atoms with Gasteiger partial charge in [0.2, 0.25) is 11.8 Å². The van der Waals surface area contributed by atoms with Crippen molar-refractivity contribution in [1.82, 2.24) is 35.6 Å². The lowest BCUT2D eigenvalue weighted by Crippen LogP contribution is -2.27. The van der Waals surface area contributed by atoms with Crippen LogP contribution in [0.15, 0.2) is 18.0 Å². The first-order valence-electron chi connectivity index (χ1n) is 13.9. The lowest BCUT2D eigenvalue weighted by atomic mass is 9.97. The van der Waals surface area contributed by atoms with Crippen LogP contribution in [0.4, 0.5) is 22.0 Å². The SMILES string of the molecule is C1CC1.CCn1ncc(C=O)n1.CNCc1cnc(/C=C(\C=N)CNC(=O)CCC(F)(F)F)[nH]1.FC1(F)CCCCC1. The Bertz CT molecular complexity index is 1090. The van der Waals surface area contributed by atoms with Crippen LogP contribution in [0.5, 0.6) is 0 Å². The van der Waals surface area contributed by atoms with E-state index in [0.717, 1.165) is 18.3 Å². The largest absolute Gasteiger partial charge is 0.389 e. The molecular formula is C27H41F5N8O2. The zero-order valence-corrected chi connectivity index (χ0v) is 24.1. The molecule has 42 heavy (non-hydrogen) atoms. The van der Waals surface area contributed by atoms with E-state index in [1.807, 2.05) is 6.92 Å². The van der Waals surface area contributed by atoms with Gasteiger partial charge in [0.05, 0.1) is 19.2 Å². The van der Waals surface area contributed by atoms with Crippen LogP contribution < -0.4 is 10.6 Å². The molecule has 2 aliphatic carbocycles. The molecule has 0 atom stereocenters. The minimum atomic E-state index is -4.35. The zero-order chi connectivity index (χ0) is 31.4. The molecule has 0 radical (unpaired) electrons. The highest BCUT2D eigenvalue weighted by Crippen LogP contribution is 2.32. The number of aryl methyl sites for hydroxylation is 1. The van der Waals surface area contributed by atoms with E-state index in [1.165, 1.54) is 30.3 Å². The van der Waals surface area contributed by atoms with Gasteiger partial charge in [-0.15, -0.1) is 0 Å². The quantitative estimate of drug-likeness (QED) is 0.161. The number of aromatic nitrogens is 5. The minimum Gasteiger partial charge on any atom is -0.352 e. The predicted octanol–water partition coefficient (Wildman–Crippen LogP) is 5.49. The molecule has 0 unspecified atom stereocenters. The Morgan fingerprint density at radius 1 is 1.14 bits per heavy atom. The molecule has 0 aromatic carbocycles. The van der Waals surface area contributed by atoms with Gasteiger partial charge in [0.1, 0.15) is 11.5 Å². The third-order valence-corrected chi connectivity index (χ3v) is 5.54. The Balaban J connectivity index is 0.000000354. The Morgan fingerprint density at radius 2 is 1.79 bits per heavy atom. The van der Waals surface area contributed by atoms with E-state index in [4.69, 9.17) is 5.41 Å². The average molecular weight is 605 g/mol. The summed E-state index contributed by atoms with van der Waals surface area (Å²) in [5.74, 6) is -2.52. The first-order valence-corrected chi connectivity index (χ1v) is 13.9. The Morgan fingerprint density at radius 3 is 2.21 bits per heavy atom. The van der Waals surface area contributed by atoms with E-state index in [1.54, 1.807) is 19.3 Å². The summed E-state index contributed by atoms with van der Waals surface area (Å²) in [6.45, 7) is 3.19. The second-order valence-electron chi connectivity index (χ2n) is 9.63. The number of H-pyrrole nitrogens is 1. The number of nitrogens with one attached hydrogen (secondary N) is 4. The second kappa shape index (κ2) is 19.6. The monoisotopic (exact) mass is 604 g/mol. The molecule has 0 aliphatic heterocycles. The summed E-state index contributed by atoms with van der Waals surface area (Å²) in [5, 5.41) is 20.1. The van der Waals surface area contributed by atoms with E-state index < -0.39 is 30.8 Å². The molecule has 2 aliphatic rings. The van der Waals surface area contributed by atoms with Crippen molar-refractivity contribution in [3.8, 4) is 0 Å². The van der Waals surface area contributed by atoms with Gasteiger partial charge < -0.3 is 21.0 Å². The first kappa shape index (κ1) is 36.5. The van der Waals surface area contributed by atoms with Crippen molar-refractivity contribution in [3.05, 3.63) is 35.2 Å². The highest BCUT2D eigenvalue weighted by molar-refractivity contribution is 5.85. The fourth-order valence-electron chi connectivity index (χ4n) is 3.18. The van der Waals surface area contributed by atoms with Crippen LogP contribution in [0.25, 0.3) is 6.08 Å². The normalized spacial score (nSPS) is 15.5. The third kappa shape index (κ3) is 18.8. The van der Waals surface area contributed by atoms with E-state index in [9.17, 15) is 31.5 Å². The molecule has 2 heterocycles. The minimum absolute atomic E-state index is 0.0255. The van der Waals surface area contributed by atoms with Crippen LogP contribution in [0.3, 0.4) is 0 Å². The van der Waals surface area contributed by atoms with Gasteiger partial charge in [-0.3, -0.25) is 9.59 Å². The van der Waals surface area contributed by atoms with Gasteiger partial charge in [-0.1, -0.05) is 25.7 Å². The van der Waals surface area contributed by atoms with Crippen molar-refractivity contribution in [2.75, 3.05) is 13.6 Å². The van der Waals surface area contributed by atoms with Crippen molar-refractivity contribution in [2.45, 2.75) is 96.3 Å². The van der Waals surface area contributed by atoms with Crippen LogP contribution >= 0.6 is 0 Å². The molecule has 236 valence electrons. The van der Waals surface area contributed by atoms with Crippen molar-refractivity contribution in [2.24, 2.45) is 0 Å². The van der Waals surface area contributed by atoms with E-state index in [0.29, 0.717) is 49.3 Å². The molecule has 15 heteroatoms. The summed E-state index contributed by atoms with van der Waals surface area (Å²) in [6.07, 6.45) is 7.35. The molecule has 0 saturated heterocycles. The highest BCUT2D eigenvalue weighted by atomic mass is 19.4. The van der Waals surface area contributed by atoms with Crippen LogP contribution in [-0.4, -0.2) is 69.1 Å². The first-order chi connectivity index (χ1) is 19.9. The van der Waals surface area contributed by atoms with E-state index in [2.05, 4.69) is 30.8 Å². The number of amides is 1. The summed E-state index contributed by atoms with van der Waals surface area (Å²) in [4.78, 5) is 29.9. The summed E-state index contributed by atoms with van der Waals surface area (Å²) in [7, 11) is 1.79.